The molecule has 0 aromatic carbocycles. The fourth-order valence-corrected chi connectivity index (χ4v) is 3.19. The quantitative estimate of drug-likeness (QED) is 0.748. The molecule has 1 saturated heterocycles. The molecule has 5 nitrogen and oxygen atoms in total. The van der Waals surface area contributed by atoms with Gasteiger partial charge in [0.05, 0.1) is 13.2 Å². The second kappa shape index (κ2) is 7.22. The predicted molar refractivity (Wildman–Crippen MR) is 74.7 cm³/mol. The van der Waals surface area contributed by atoms with Gasteiger partial charge in [-0.2, -0.15) is 0 Å². The zero-order valence-electron chi connectivity index (χ0n) is 11.9. The molecule has 3 N–H and O–H groups in total. The summed E-state index contributed by atoms with van der Waals surface area (Å²) in [4.78, 5) is 14.6. The van der Waals surface area contributed by atoms with Gasteiger partial charge in [-0.05, 0) is 32.2 Å². The Morgan fingerprint density at radius 1 is 1.42 bits per heavy atom. The summed E-state index contributed by atoms with van der Waals surface area (Å²) in [5, 5.41) is 3.11. The molecule has 0 aromatic heterocycles. The van der Waals surface area contributed by atoms with Crippen LogP contribution >= 0.6 is 0 Å². The molecule has 1 unspecified atom stereocenters. The van der Waals surface area contributed by atoms with E-state index >= 15 is 0 Å². The number of hydrogen-bond donors (Lipinski definition) is 2. The van der Waals surface area contributed by atoms with Gasteiger partial charge in [0.1, 0.15) is 0 Å². The normalized spacial score (nSPS) is 30.2. The third kappa shape index (κ3) is 3.91. The molecule has 3 atom stereocenters. The molecule has 5 heteroatoms. The summed E-state index contributed by atoms with van der Waals surface area (Å²) in [6.45, 7) is 7.06. The summed E-state index contributed by atoms with van der Waals surface area (Å²) in [5.41, 5.74) is 5.73. The summed E-state index contributed by atoms with van der Waals surface area (Å²) in [6.07, 6.45) is 3.24. The van der Waals surface area contributed by atoms with Crippen molar-refractivity contribution in [3.8, 4) is 0 Å². The van der Waals surface area contributed by atoms with Crippen LogP contribution in [0.1, 0.15) is 26.2 Å². The van der Waals surface area contributed by atoms with Crippen molar-refractivity contribution in [3.05, 3.63) is 0 Å². The van der Waals surface area contributed by atoms with E-state index in [1.807, 2.05) is 0 Å². The van der Waals surface area contributed by atoms with Crippen LogP contribution < -0.4 is 11.1 Å². The van der Waals surface area contributed by atoms with Gasteiger partial charge in [-0.25, -0.2) is 0 Å². The number of nitrogens with zero attached hydrogens (tertiary/aromatic N) is 1. The number of nitrogens with two attached hydrogens (primary N) is 1. The first-order valence-corrected chi connectivity index (χ1v) is 7.52. The Labute approximate surface area is 115 Å². The molecule has 1 heterocycles. The fraction of sp³-hybridized carbons (Fsp3) is 0.929. The van der Waals surface area contributed by atoms with Crippen LogP contribution in [-0.4, -0.2) is 56.2 Å². The number of hydrogen-bond acceptors (Lipinski definition) is 4. The maximum Gasteiger partial charge on any atom is 0.223 e. The SMILES string of the molecule is CC(CNC(=O)[C@@H]1CCC[C@@H]1CN)N1CCOCC1. The summed E-state index contributed by atoms with van der Waals surface area (Å²) in [6, 6.07) is 0.380. The highest BCUT2D eigenvalue weighted by Crippen LogP contribution is 2.30. The van der Waals surface area contributed by atoms with Gasteiger partial charge in [-0.15, -0.1) is 0 Å². The lowest BCUT2D eigenvalue weighted by molar-refractivity contribution is -0.126. The third-order valence-electron chi connectivity index (χ3n) is 4.54. The monoisotopic (exact) mass is 269 g/mol. The Balaban J connectivity index is 1.73. The molecule has 2 fully saturated rings. The maximum absolute atomic E-state index is 12.2. The molecule has 1 aliphatic heterocycles. The maximum atomic E-state index is 12.2. The standard InChI is InChI=1S/C14H27N3O2/c1-11(17-5-7-19-8-6-17)10-16-14(18)13-4-2-3-12(13)9-15/h11-13H,2-10,15H2,1H3,(H,16,18)/t11?,12-,13-/m1/s1. The molecule has 110 valence electrons. The van der Waals surface area contributed by atoms with Crippen LogP contribution in [0.4, 0.5) is 0 Å². The van der Waals surface area contributed by atoms with Gasteiger partial charge < -0.3 is 15.8 Å². The lowest BCUT2D eigenvalue weighted by atomic mass is 9.95. The van der Waals surface area contributed by atoms with E-state index in [-0.39, 0.29) is 11.8 Å². The number of rotatable bonds is 5. The Morgan fingerprint density at radius 2 is 2.16 bits per heavy atom. The second-order valence-electron chi connectivity index (χ2n) is 5.78. The minimum Gasteiger partial charge on any atom is -0.379 e. The fourth-order valence-electron chi connectivity index (χ4n) is 3.19. The summed E-state index contributed by atoms with van der Waals surface area (Å²) >= 11 is 0. The van der Waals surface area contributed by atoms with Crippen LogP contribution in [0, 0.1) is 11.8 Å². The minimum atomic E-state index is 0.141. The molecule has 0 radical (unpaired) electrons. The van der Waals surface area contributed by atoms with E-state index in [0.29, 0.717) is 18.5 Å². The average Bonchev–Trinajstić information content (AvgIpc) is 2.93. The molecule has 1 saturated carbocycles. The number of carbonyl (C=O) groups excluding carboxylic acids is 1. The largest absolute Gasteiger partial charge is 0.379 e. The van der Waals surface area contributed by atoms with E-state index in [0.717, 1.165) is 52.1 Å². The summed E-state index contributed by atoms with van der Waals surface area (Å²) in [5.74, 6) is 0.730. The number of ether oxygens (including phenoxy) is 1. The van der Waals surface area contributed by atoms with E-state index < -0.39 is 0 Å². The van der Waals surface area contributed by atoms with Gasteiger partial charge >= 0.3 is 0 Å². The topological polar surface area (TPSA) is 67.6 Å². The van der Waals surface area contributed by atoms with E-state index in [1.54, 1.807) is 0 Å². The van der Waals surface area contributed by atoms with E-state index in [4.69, 9.17) is 10.5 Å². The summed E-state index contributed by atoms with van der Waals surface area (Å²) < 4.78 is 5.34. The number of morpholine rings is 1. The van der Waals surface area contributed by atoms with Gasteiger partial charge in [0.2, 0.25) is 5.91 Å². The van der Waals surface area contributed by atoms with Crippen LogP contribution in [0.25, 0.3) is 0 Å². The first-order chi connectivity index (χ1) is 9.22. The molecule has 0 aromatic rings. The third-order valence-corrected chi connectivity index (χ3v) is 4.54. The minimum absolute atomic E-state index is 0.141. The zero-order chi connectivity index (χ0) is 13.7. The van der Waals surface area contributed by atoms with Crippen molar-refractivity contribution in [1.82, 2.24) is 10.2 Å². The molecule has 2 aliphatic rings. The first-order valence-electron chi connectivity index (χ1n) is 7.52. The van der Waals surface area contributed by atoms with Gasteiger partial charge in [-0.3, -0.25) is 9.69 Å². The first kappa shape index (κ1) is 14.8. The molecule has 2 rings (SSSR count). The van der Waals surface area contributed by atoms with E-state index in [2.05, 4.69) is 17.1 Å². The lowest BCUT2D eigenvalue weighted by Gasteiger charge is -2.32. The van der Waals surface area contributed by atoms with Crippen molar-refractivity contribution in [2.24, 2.45) is 17.6 Å². The van der Waals surface area contributed by atoms with Crippen LogP contribution in [0.2, 0.25) is 0 Å². The zero-order valence-corrected chi connectivity index (χ0v) is 11.9. The number of nitrogens with one attached hydrogen (secondary N) is 1. The number of carbonyl (C=O) groups is 1. The molecule has 19 heavy (non-hydrogen) atoms. The molecule has 1 amide bonds. The Kier molecular flexibility index (Phi) is 5.60. The van der Waals surface area contributed by atoms with Crippen molar-refractivity contribution in [2.45, 2.75) is 32.2 Å². The predicted octanol–water partition coefficient (Wildman–Crippen LogP) is 0.198. The van der Waals surface area contributed by atoms with E-state index in [9.17, 15) is 4.79 Å². The molecule has 0 spiro atoms. The lowest BCUT2D eigenvalue weighted by Crippen LogP contribution is -2.48. The Morgan fingerprint density at radius 3 is 2.84 bits per heavy atom. The van der Waals surface area contributed by atoms with Gasteiger partial charge in [0, 0.05) is 31.6 Å². The molecular formula is C14H27N3O2. The molecule has 0 bridgehead atoms. The van der Waals surface area contributed by atoms with Crippen molar-refractivity contribution >= 4 is 5.91 Å². The Bertz CT molecular complexity index is 292. The van der Waals surface area contributed by atoms with Crippen molar-refractivity contribution in [2.75, 3.05) is 39.4 Å². The molecule has 1 aliphatic carbocycles. The summed E-state index contributed by atoms with van der Waals surface area (Å²) in [7, 11) is 0. The highest BCUT2D eigenvalue weighted by molar-refractivity contribution is 5.79. The van der Waals surface area contributed by atoms with Crippen LogP contribution in [0.5, 0.6) is 0 Å². The van der Waals surface area contributed by atoms with Crippen LogP contribution in [0.15, 0.2) is 0 Å². The van der Waals surface area contributed by atoms with Gasteiger partial charge in [0.25, 0.3) is 0 Å². The second-order valence-corrected chi connectivity index (χ2v) is 5.78. The van der Waals surface area contributed by atoms with Crippen molar-refractivity contribution < 1.29 is 9.53 Å². The smallest absolute Gasteiger partial charge is 0.223 e. The highest BCUT2D eigenvalue weighted by Gasteiger charge is 2.32. The van der Waals surface area contributed by atoms with Crippen LogP contribution in [0.3, 0.4) is 0 Å². The highest BCUT2D eigenvalue weighted by atomic mass is 16.5. The Hall–Kier alpha value is -0.650. The van der Waals surface area contributed by atoms with Crippen molar-refractivity contribution in [1.29, 1.82) is 0 Å². The average molecular weight is 269 g/mol. The van der Waals surface area contributed by atoms with Gasteiger partial charge in [-0.1, -0.05) is 6.42 Å². The molecular weight excluding hydrogens is 242 g/mol. The van der Waals surface area contributed by atoms with Gasteiger partial charge in [0.15, 0.2) is 0 Å². The number of amides is 1. The van der Waals surface area contributed by atoms with Crippen LogP contribution in [-0.2, 0) is 9.53 Å². The van der Waals surface area contributed by atoms with Crippen molar-refractivity contribution in [3.63, 3.8) is 0 Å². The van der Waals surface area contributed by atoms with E-state index in [1.165, 1.54) is 0 Å².